The molecule has 2 amide bonds. The van der Waals surface area contributed by atoms with E-state index in [1.165, 1.54) is 6.08 Å². The number of nitrogens with one attached hydrogen (secondary N) is 1. The molecule has 1 aliphatic carbocycles. The van der Waals surface area contributed by atoms with Gasteiger partial charge in [0.25, 0.3) is 0 Å². The van der Waals surface area contributed by atoms with Crippen LogP contribution < -0.4 is 11.1 Å². The summed E-state index contributed by atoms with van der Waals surface area (Å²) in [5.74, 6) is -1.17. The summed E-state index contributed by atoms with van der Waals surface area (Å²) in [5, 5.41) is 2.55. The van der Waals surface area contributed by atoms with Crippen molar-refractivity contribution in [1.82, 2.24) is 5.32 Å². The highest BCUT2D eigenvalue weighted by molar-refractivity contribution is 5.82. The van der Waals surface area contributed by atoms with E-state index in [4.69, 9.17) is 15.2 Å². The number of esters is 1. The molecule has 1 atom stereocenters. The number of amides is 2. The minimum atomic E-state index is -0.935. The van der Waals surface area contributed by atoms with Crippen LogP contribution in [-0.4, -0.2) is 37.2 Å². The second-order valence-electron chi connectivity index (χ2n) is 7.30. The molecule has 31 heavy (non-hydrogen) atoms. The third-order valence-electron chi connectivity index (χ3n) is 5.18. The molecule has 2 aromatic rings. The molecule has 0 radical (unpaired) electrons. The lowest BCUT2D eigenvalue weighted by atomic mass is 9.98. The van der Waals surface area contributed by atoms with Gasteiger partial charge < -0.3 is 20.5 Å². The van der Waals surface area contributed by atoms with Gasteiger partial charge in [-0.05, 0) is 35.1 Å². The fourth-order valence-electron chi connectivity index (χ4n) is 3.75. The number of ether oxygens (including phenoxy) is 2. The summed E-state index contributed by atoms with van der Waals surface area (Å²) >= 11 is 0. The standard InChI is InChI=1S/C24H26N2O5/c1-2-14-30-23(28)21(12-7-13-22(25)27)26-24(29)31-15-20-18-10-5-3-8-16(18)17-9-4-6-11-19(17)20/h2-6,8-11,20-21H,1,7,12-15H2,(H2,25,27)(H,26,29). The van der Waals surface area contributed by atoms with Gasteiger partial charge in [-0.1, -0.05) is 61.2 Å². The summed E-state index contributed by atoms with van der Waals surface area (Å²) in [6.45, 7) is 3.66. The van der Waals surface area contributed by atoms with Crippen LogP contribution in [0.3, 0.4) is 0 Å². The van der Waals surface area contributed by atoms with Crippen LogP contribution in [0, 0.1) is 0 Å². The zero-order valence-electron chi connectivity index (χ0n) is 17.2. The highest BCUT2D eigenvalue weighted by atomic mass is 16.6. The Morgan fingerprint density at radius 2 is 1.65 bits per heavy atom. The van der Waals surface area contributed by atoms with Crippen molar-refractivity contribution in [2.24, 2.45) is 5.73 Å². The first-order chi connectivity index (χ1) is 15.0. The molecule has 2 aromatic carbocycles. The molecule has 0 fully saturated rings. The van der Waals surface area contributed by atoms with Crippen molar-refractivity contribution >= 4 is 18.0 Å². The molecule has 0 aromatic heterocycles. The van der Waals surface area contributed by atoms with E-state index >= 15 is 0 Å². The van der Waals surface area contributed by atoms with E-state index in [1.807, 2.05) is 36.4 Å². The van der Waals surface area contributed by atoms with Gasteiger partial charge in [0.15, 0.2) is 0 Å². The molecule has 162 valence electrons. The summed E-state index contributed by atoms with van der Waals surface area (Å²) in [6, 6.07) is 15.1. The van der Waals surface area contributed by atoms with Crippen LogP contribution in [-0.2, 0) is 19.1 Å². The summed E-state index contributed by atoms with van der Waals surface area (Å²) in [4.78, 5) is 35.7. The van der Waals surface area contributed by atoms with Crippen molar-refractivity contribution in [3.8, 4) is 11.1 Å². The van der Waals surface area contributed by atoms with Crippen LogP contribution in [0.15, 0.2) is 61.2 Å². The number of hydrogen-bond donors (Lipinski definition) is 2. The monoisotopic (exact) mass is 422 g/mol. The first-order valence-electron chi connectivity index (χ1n) is 10.2. The molecule has 7 nitrogen and oxygen atoms in total. The van der Waals surface area contributed by atoms with Gasteiger partial charge in [0.2, 0.25) is 5.91 Å². The van der Waals surface area contributed by atoms with Crippen LogP contribution >= 0.6 is 0 Å². The second kappa shape index (κ2) is 10.4. The Kier molecular flexibility index (Phi) is 7.43. The number of fused-ring (bicyclic) bond motifs is 3. The van der Waals surface area contributed by atoms with Crippen molar-refractivity contribution in [2.45, 2.75) is 31.2 Å². The Hall–Kier alpha value is -3.61. The Labute approximate surface area is 181 Å². The second-order valence-corrected chi connectivity index (χ2v) is 7.30. The highest BCUT2D eigenvalue weighted by Gasteiger charge is 2.30. The van der Waals surface area contributed by atoms with Gasteiger partial charge in [0.05, 0.1) is 0 Å². The minimum Gasteiger partial charge on any atom is -0.460 e. The van der Waals surface area contributed by atoms with Crippen molar-refractivity contribution in [3.63, 3.8) is 0 Å². The van der Waals surface area contributed by atoms with Gasteiger partial charge in [-0.2, -0.15) is 0 Å². The molecule has 1 aliphatic rings. The SMILES string of the molecule is C=CCOC(=O)C(CCCC(N)=O)NC(=O)OCC1c2ccccc2-c2ccccc21. The number of carbonyl (C=O) groups excluding carboxylic acids is 3. The molecule has 7 heteroatoms. The molecular formula is C24H26N2O5. The van der Waals surface area contributed by atoms with Crippen molar-refractivity contribution < 1.29 is 23.9 Å². The van der Waals surface area contributed by atoms with Crippen LogP contribution in [0.1, 0.15) is 36.3 Å². The topological polar surface area (TPSA) is 108 Å². The summed E-state index contributed by atoms with van der Waals surface area (Å²) in [5.41, 5.74) is 9.60. The van der Waals surface area contributed by atoms with Crippen LogP contribution in [0.5, 0.6) is 0 Å². The van der Waals surface area contributed by atoms with Crippen molar-refractivity contribution in [2.75, 3.05) is 13.2 Å². The Morgan fingerprint density at radius 1 is 1.03 bits per heavy atom. The molecule has 0 aliphatic heterocycles. The number of primary amides is 1. The molecule has 0 bridgehead atoms. The number of nitrogens with two attached hydrogens (primary N) is 1. The number of alkyl carbamates (subject to hydrolysis) is 1. The highest BCUT2D eigenvalue weighted by Crippen LogP contribution is 2.44. The molecular weight excluding hydrogens is 396 g/mol. The summed E-state index contributed by atoms with van der Waals surface area (Å²) in [7, 11) is 0. The zero-order valence-corrected chi connectivity index (χ0v) is 17.2. The summed E-state index contributed by atoms with van der Waals surface area (Å²) in [6.07, 6.45) is 1.38. The maximum Gasteiger partial charge on any atom is 0.407 e. The smallest absolute Gasteiger partial charge is 0.407 e. The van der Waals surface area contributed by atoms with E-state index in [9.17, 15) is 14.4 Å². The molecule has 0 heterocycles. The lowest BCUT2D eigenvalue weighted by Crippen LogP contribution is -2.42. The average molecular weight is 422 g/mol. The Morgan fingerprint density at radius 3 is 2.23 bits per heavy atom. The molecule has 0 saturated heterocycles. The minimum absolute atomic E-state index is 0.0253. The van der Waals surface area contributed by atoms with Gasteiger partial charge >= 0.3 is 12.1 Å². The van der Waals surface area contributed by atoms with E-state index < -0.39 is 24.0 Å². The van der Waals surface area contributed by atoms with E-state index in [0.29, 0.717) is 6.42 Å². The van der Waals surface area contributed by atoms with Gasteiger partial charge in [-0.25, -0.2) is 9.59 Å². The fourth-order valence-corrected chi connectivity index (χ4v) is 3.75. The number of hydrogen-bond acceptors (Lipinski definition) is 5. The first kappa shape index (κ1) is 22.1. The van der Waals surface area contributed by atoms with Crippen molar-refractivity contribution in [1.29, 1.82) is 0 Å². The van der Waals surface area contributed by atoms with Gasteiger partial charge in [0.1, 0.15) is 19.3 Å². The molecule has 0 saturated carbocycles. The maximum absolute atomic E-state index is 12.5. The quantitative estimate of drug-likeness (QED) is 0.451. The number of carbonyl (C=O) groups is 3. The van der Waals surface area contributed by atoms with Crippen LogP contribution in [0.4, 0.5) is 4.79 Å². The Balaban J connectivity index is 1.63. The molecule has 0 spiro atoms. The molecule has 3 N–H and O–H groups in total. The molecule has 1 unspecified atom stereocenters. The third-order valence-corrected chi connectivity index (χ3v) is 5.18. The van der Waals surface area contributed by atoms with E-state index in [0.717, 1.165) is 22.3 Å². The number of rotatable bonds is 10. The normalized spacial score (nSPS) is 12.9. The predicted octanol–water partition coefficient (Wildman–Crippen LogP) is 3.28. The Bertz CT molecular complexity index is 926. The average Bonchev–Trinajstić information content (AvgIpc) is 3.09. The van der Waals surface area contributed by atoms with E-state index in [1.54, 1.807) is 0 Å². The van der Waals surface area contributed by atoms with Gasteiger partial charge in [-0.3, -0.25) is 4.79 Å². The fraction of sp³-hybridized carbons (Fsp3) is 0.292. The molecule has 3 rings (SSSR count). The van der Waals surface area contributed by atoms with Gasteiger partial charge in [-0.15, -0.1) is 0 Å². The summed E-state index contributed by atoms with van der Waals surface area (Å²) < 4.78 is 10.5. The third kappa shape index (κ3) is 5.51. The van der Waals surface area contributed by atoms with E-state index in [-0.39, 0.29) is 32.0 Å². The van der Waals surface area contributed by atoms with E-state index in [2.05, 4.69) is 24.0 Å². The van der Waals surface area contributed by atoms with Crippen LogP contribution in [0.25, 0.3) is 11.1 Å². The predicted molar refractivity (Wildman–Crippen MR) is 116 cm³/mol. The van der Waals surface area contributed by atoms with Crippen LogP contribution in [0.2, 0.25) is 0 Å². The maximum atomic E-state index is 12.5. The lowest BCUT2D eigenvalue weighted by molar-refractivity contribution is -0.145. The lowest BCUT2D eigenvalue weighted by Gasteiger charge is -2.19. The number of benzene rings is 2. The zero-order chi connectivity index (χ0) is 22.2. The largest absolute Gasteiger partial charge is 0.460 e. The van der Waals surface area contributed by atoms with Gasteiger partial charge in [0, 0.05) is 12.3 Å². The van der Waals surface area contributed by atoms with Crippen molar-refractivity contribution in [3.05, 3.63) is 72.3 Å². The first-order valence-corrected chi connectivity index (χ1v) is 10.2.